The number of fused-ring (bicyclic) bond motifs is 1. The fourth-order valence-electron chi connectivity index (χ4n) is 3.58. The van der Waals surface area contributed by atoms with Gasteiger partial charge in [-0.2, -0.15) is 11.8 Å². The molecule has 1 fully saturated rings. The zero-order valence-electron chi connectivity index (χ0n) is 15.0. The molecule has 1 aromatic heterocycles. The van der Waals surface area contributed by atoms with Gasteiger partial charge in [0.1, 0.15) is 5.58 Å². The molecule has 140 valence electrons. The van der Waals surface area contributed by atoms with Gasteiger partial charge < -0.3 is 9.73 Å². The zero-order valence-corrected chi connectivity index (χ0v) is 16.6. The maximum atomic E-state index is 12.9. The lowest BCUT2D eigenvalue weighted by atomic mass is 10.0. The number of carbonyl (C=O) groups is 1. The Balaban J connectivity index is 1.58. The van der Waals surface area contributed by atoms with E-state index in [4.69, 9.17) is 16.0 Å². The Kier molecular flexibility index (Phi) is 5.74. The van der Waals surface area contributed by atoms with Crippen molar-refractivity contribution in [2.24, 2.45) is 0 Å². The monoisotopic (exact) mass is 399 g/mol. The molecule has 2 aromatic carbocycles. The molecule has 0 unspecified atom stereocenters. The van der Waals surface area contributed by atoms with Gasteiger partial charge in [-0.3, -0.25) is 4.79 Å². The van der Waals surface area contributed by atoms with Crippen LogP contribution in [0.5, 0.6) is 0 Å². The summed E-state index contributed by atoms with van der Waals surface area (Å²) in [5, 5.41) is 5.27. The summed E-state index contributed by atoms with van der Waals surface area (Å²) in [6.07, 6.45) is 6.52. The van der Waals surface area contributed by atoms with Crippen LogP contribution in [0.1, 0.15) is 48.2 Å². The van der Waals surface area contributed by atoms with Crippen LogP contribution in [-0.2, 0) is 5.75 Å². The lowest BCUT2D eigenvalue weighted by Gasteiger charge is -2.20. The maximum absolute atomic E-state index is 12.9. The van der Waals surface area contributed by atoms with Gasteiger partial charge in [0.05, 0.1) is 0 Å². The average molecular weight is 400 g/mol. The average Bonchev–Trinajstić information content (AvgIpc) is 3.08. The van der Waals surface area contributed by atoms with Crippen molar-refractivity contribution in [1.29, 1.82) is 0 Å². The summed E-state index contributed by atoms with van der Waals surface area (Å²) in [6.45, 7) is 0. The highest BCUT2D eigenvalue weighted by molar-refractivity contribution is 7.99. The highest BCUT2D eigenvalue weighted by atomic mass is 35.5. The third-order valence-corrected chi connectivity index (χ3v) is 6.67. The molecule has 4 rings (SSSR count). The topological polar surface area (TPSA) is 42.2 Å². The van der Waals surface area contributed by atoms with Crippen LogP contribution < -0.4 is 5.32 Å². The minimum Gasteiger partial charge on any atom is -0.451 e. The summed E-state index contributed by atoms with van der Waals surface area (Å²) < 4.78 is 5.95. The number of hydrogen-bond acceptors (Lipinski definition) is 3. The highest BCUT2D eigenvalue weighted by Crippen LogP contribution is 2.35. The van der Waals surface area contributed by atoms with Crippen LogP contribution >= 0.6 is 23.4 Å². The van der Waals surface area contributed by atoms with Gasteiger partial charge >= 0.3 is 0 Å². The zero-order chi connectivity index (χ0) is 18.6. The Hall–Kier alpha value is -1.91. The van der Waals surface area contributed by atoms with Crippen molar-refractivity contribution in [3.05, 3.63) is 64.9 Å². The summed E-state index contributed by atoms with van der Waals surface area (Å²) in [5.74, 6) is 0.993. The summed E-state index contributed by atoms with van der Waals surface area (Å²) >= 11 is 7.88. The number of rotatable bonds is 5. The number of thioether (sulfide) groups is 1. The first-order valence-corrected chi connectivity index (χ1v) is 10.8. The van der Waals surface area contributed by atoms with Crippen LogP contribution in [0.4, 0.5) is 5.69 Å². The SMILES string of the molecule is O=C(Nc1ccc(Cl)cc1)c1oc2ccccc2c1CSC1CCCCC1. The van der Waals surface area contributed by atoms with Crippen molar-refractivity contribution >= 4 is 45.9 Å². The minimum absolute atomic E-state index is 0.215. The normalized spacial score (nSPS) is 15.1. The van der Waals surface area contributed by atoms with Crippen molar-refractivity contribution in [2.75, 3.05) is 5.32 Å². The van der Waals surface area contributed by atoms with Gasteiger partial charge in [-0.25, -0.2) is 0 Å². The second-order valence-corrected chi connectivity index (χ2v) is 8.66. The van der Waals surface area contributed by atoms with Gasteiger partial charge in [0.25, 0.3) is 5.91 Å². The molecule has 1 N–H and O–H groups in total. The molecule has 0 bridgehead atoms. The van der Waals surface area contributed by atoms with Crippen LogP contribution in [0, 0.1) is 0 Å². The van der Waals surface area contributed by atoms with Crippen molar-refractivity contribution in [1.82, 2.24) is 0 Å². The number of furan rings is 1. The molecule has 0 spiro atoms. The summed E-state index contributed by atoms with van der Waals surface area (Å²) in [4.78, 5) is 12.9. The molecule has 1 heterocycles. The van der Waals surface area contributed by atoms with E-state index in [9.17, 15) is 4.79 Å². The Morgan fingerprint density at radius 2 is 1.81 bits per heavy atom. The molecule has 0 atom stereocenters. The van der Waals surface area contributed by atoms with E-state index in [0.29, 0.717) is 21.7 Å². The molecule has 1 amide bonds. The standard InChI is InChI=1S/C22H22ClNO2S/c23-15-10-12-16(13-11-15)24-22(25)21-19(14-27-17-6-2-1-3-7-17)18-8-4-5-9-20(18)26-21/h4-5,8-13,17H,1-3,6-7,14H2,(H,24,25). The van der Waals surface area contributed by atoms with Gasteiger partial charge in [0, 0.05) is 32.7 Å². The van der Waals surface area contributed by atoms with E-state index in [2.05, 4.69) is 5.32 Å². The third kappa shape index (κ3) is 4.33. The second-order valence-electron chi connectivity index (χ2n) is 6.94. The molecular weight excluding hydrogens is 378 g/mol. The molecule has 27 heavy (non-hydrogen) atoms. The maximum Gasteiger partial charge on any atom is 0.291 e. The highest BCUT2D eigenvalue weighted by Gasteiger charge is 2.22. The number of hydrogen-bond donors (Lipinski definition) is 1. The predicted octanol–water partition coefficient (Wildman–Crippen LogP) is 6.90. The van der Waals surface area contributed by atoms with Crippen LogP contribution in [0.3, 0.4) is 0 Å². The van der Waals surface area contributed by atoms with Gasteiger partial charge in [-0.15, -0.1) is 0 Å². The number of benzene rings is 2. The van der Waals surface area contributed by atoms with Crippen molar-refractivity contribution < 1.29 is 9.21 Å². The second kappa shape index (κ2) is 8.41. The van der Waals surface area contributed by atoms with Gasteiger partial charge in [0.15, 0.2) is 5.76 Å². The van der Waals surface area contributed by atoms with E-state index < -0.39 is 0 Å². The molecule has 0 aliphatic heterocycles. The van der Waals surface area contributed by atoms with Gasteiger partial charge in [-0.05, 0) is 43.2 Å². The number of halogens is 1. The lowest BCUT2D eigenvalue weighted by molar-refractivity contribution is 0.0998. The number of anilines is 1. The van der Waals surface area contributed by atoms with E-state index in [1.165, 1.54) is 32.1 Å². The summed E-state index contributed by atoms with van der Waals surface area (Å²) in [5.41, 5.74) is 2.46. The van der Waals surface area contributed by atoms with Gasteiger partial charge in [-0.1, -0.05) is 49.1 Å². The Bertz CT molecular complexity index is 929. The summed E-state index contributed by atoms with van der Waals surface area (Å²) in [6, 6.07) is 15.0. The fraction of sp³-hybridized carbons (Fsp3) is 0.318. The molecule has 1 aliphatic carbocycles. The van der Waals surface area contributed by atoms with Crippen LogP contribution in [0.25, 0.3) is 11.0 Å². The number of nitrogens with one attached hydrogen (secondary N) is 1. The molecular formula is C22H22ClNO2S. The van der Waals surface area contributed by atoms with E-state index in [0.717, 1.165) is 22.3 Å². The first-order valence-electron chi connectivity index (χ1n) is 9.39. The smallest absolute Gasteiger partial charge is 0.291 e. The first kappa shape index (κ1) is 18.5. The van der Waals surface area contributed by atoms with Crippen LogP contribution in [0.2, 0.25) is 5.02 Å². The third-order valence-electron chi connectivity index (χ3n) is 5.02. The van der Waals surface area contributed by atoms with E-state index in [-0.39, 0.29) is 5.91 Å². The summed E-state index contributed by atoms with van der Waals surface area (Å²) in [7, 11) is 0. The first-order chi connectivity index (χ1) is 13.2. The number of para-hydroxylation sites is 1. The largest absolute Gasteiger partial charge is 0.451 e. The van der Waals surface area contributed by atoms with Crippen molar-refractivity contribution in [2.45, 2.75) is 43.1 Å². The molecule has 1 aliphatic rings. The number of amides is 1. The molecule has 5 heteroatoms. The fourth-order valence-corrected chi connectivity index (χ4v) is 5.06. The van der Waals surface area contributed by atoms with Crippen molar-refractivity contribution in [3.63, 3.8) is 0 Å². The Labute approximate surface area is 168 Å². The van der Waals surface area contributed by atoms with Crippen molar-refractivity contribution in [3.8, 4) is 0 Å². The van der Waals surface area contributed by atoms with Gasteiger partial charge in [0.2, 0.25) is 0 Å². The Morgan fingerprint density at radius 3 is 2.59 bits per heavy atom. The minimum atomic E-state index is -0.215. The van der Waals surface area contributed by atoms with Crippen LogP contribution in [-0.4, -0.2) is 11.2 Å². The molecule has 1 saturated carbocycles. The Morgan fingerprint density at radius 1 is 1.07 bits per heavy atom. The van der Waals surface area contributed by atoms with Crippen LogP contribution in [0.15, 0.2) is 52.9 Å². The van der Waals surface area contributed by atoms with E-state index in [1.807, 2.05) is 36.0 Å². The molecule has 3 nitrogen and oxygen atoms in total. The van der Waals surface area contributed by atoms with E-state index >= 15 is 0 Å². The molecule has 0 radical (unpaired) electrons. The van der Waals surface area contributed by atoms with E-state index in [1.54, 1.807) is 24.3 Å². The predicted molar refractivity (Wildman–Crippen MR) is 114 cm³/mol. The lowest BCUT2D eigenvalue weighted by Crippen LogP contribution is -2.13. The molecule has 0 saturated heterocycles. The molecule has 3 aromatic rings. The number of carbonyl (C=O) groups excluding carboxylic acids is 1. The quantitative estimate of drug-likeness (QED) is 0.507.